The van der Waals surface area contributed by atoms with E-state index in [-0.39, 0.29) is 39.3 Å². The number of nitrogens with one attached hydrogen (secondary N) is 1. The van der Waals surface area contributed by atoms with Crippen LogP contribution in [-0.2, 0) is 18.1 Å². The summed E-state index contributed by atoms with van der Waals surface area (Å²) in [6.07, 6.45) is 33.2. The quantitative estimate of drug-likeness (QED) is 0.0503. The smallest absolute Gasteiger partial charge is 0.220 e. The van der Waals surface area contributed by atoms with E-state index in [2.05, 4.69) is 121 Å². The van der Waals surface area contributed by atoms with Crippen LogP contribution in [0.3, 0.4) is 0 Å². The molecule has 0 aliphatic heterocycles. The minimum Gasteiger partial charge on any atom is -0.415 e. The molecule has 59 heavy (non-hydrogen) atoms. The number of amides is 1. The standard InChI is InChI=1S/C51H109NO4Si3/c1-18-20-22-23-24-25-26-27-28-29-30-31-32-33-34-35-36-37-38-39-41-43-47(53)52-45(44-54-57(12,13)49(3,4)5)48(56-59(16,17)51(9,10)11)46(42-40-21-19-2)55-58(14,15)50(6,7)8/h45-46,48H,18-44H2,1-17H3,(H,52,53)/t45-,46+,48-/m0/s1. The average molecular weight is 885 g/mol. The van der Waals surface area contributed by atoms with Gasteiger partial charge in [0.15, 0.2) is 25.0 Å². The van der Waals surface area contributed by atoms with Gasteiger partial charge in [-0.05, 0) is 67.2 Å². The van der Waals surface area contributed by atoms with Crippen molar-refractivity contribution in [2.75, 3.05) is 6.61 Å². The molecular formula is C51H109NO4Si3. The molecule has 0 aromatic rings. The zero-order valence-electron chi connectivity index (χ0n) is 43.5. The molecule has 0 radical (unpaired) electrons. The van der Waals surface area contributed by atoms with Crippen molar-refractivity contribution in [2.24, 2.45) is 0 Å². The van der Waals surface area contributed by atoms with Crippen LogP contribution in [-0.4, -0.2) is 55.7 Å². The Bertz CT molecular complexity index is 1040. The number of hydrogen-bond donors (Lipinski definition) is 1. The molecule has 0 heterocycles. The van der Waals surface area contributed by atoms with Crippen molar-refractivity contribution in [1.82, 2.24) is 5.32 Å². The van der Waals surface area contributed by atoms with Crippen LogP contribution in [0.15, 0.2) is 0 Å². The third kappa shape index (κ3) is 26.4. The van der Waals surface area contributed by atoms with E-state index in [1.54, 1.807) is 0 Å². The van der Waals surface area contributed by atoms with Gasteiger partial charge >= 0.3 is 0 Å². The predicted molar refractivity (Wildman–Crippen MR) is 271 cm³/mol. The highest BCUT2D eigenvalue weighted by molar-refractivity contribution is 6.75. The van der Waals surface area contributed by atoms with Crippen LogP contribution in [0.5, 0.6) is 0 Å². The highest BCUT2D eigenvalue weighted by Crippen LogP contribution is 2.42. The molecule has 8 heteroatoms. The molecule has 0 fully saturated rings. The third-order valence-corrected chi connectivity index (χ3v) is 28.1. The van der Waals surface area contributed by atoms with E-state index in [0.29, 0.717) is 13.0 Å². The molecule has 1 N–H and O–H groups in total. The summed E-state index contributed by atoms with van der Waals surface area (Å²) in [7, 11) is -6.51. The first kappa shape index (κ1) is 59.0. The third-order valence-electron chi connectivity index (χ3n) is 14.6. The van der Waals surface area contributed by atoms with Crippen molar-refractivity contribution in [1.29, 1.82) is 0 Å². The molecule has 0 aliphatic rings. The lowest BCUT2D eigenvalue weighted by atomic mass is 10.00. The number of hydrogen-bond acceptors (Lipinski definition) is 4. The number of unbranched alkanes of at least 4 members (excludes halogenated alkanes) is 22. The Labute approximate surface area is 375 Å². The molecule has 0 saturated carbocycles. The fourth-order valence-electron chi connectivity index (χ4n) is 7.10. The van der Waals surface area contributed by atoms with Gasteiger partial charge in [0.05, 0.1) is 24.9 Å². The zero-order valence-corrected chi connectivity index (χ0v) is 46.5. The first-order valence-electron chi connectivity index (χ1n) is 25.6. The molecule has 0 rings (SSSR count). The first-order chi connectivity index (χ1) is 27.3. The molecule has 0 spiro atoms. The Morgan fingerprint density at radius 1 is 0.458 bits per heavy atom. The average Bonchev–Trinajstić information content (AvgIpc) is 3.11. The highest BCUT2D eigenvalue weighted by atomic mass is 28.4. The molecule has 1 amide bonds. The lowest BCUT2D eigenvalue weighted by Crippen LogP contribution is -2.60. The molecule has 0 unspecified atom stereocenters. The molecule has 0 saturated heterocycles. The zero-order chi connectivity index (χ0) is 45.2. The van der Waals surface area contributed by atoms with Crippen molar-refractivity contribution in [3.8, 4) is 0 Å². The summed E-state index contributed by atoms with van der Waals surface area (Å²) < 4.78 is 21.8. The Hall–Kier alpha value is 0.000649. The van der Waals surface area contributed by atoms with Crippen molar-refractivity contribution >= 4 is 30.9 Å². The largest absolute Gasteiger partial charge is 0.415 e. The van der Waals surface area contributed by atoms with E-state index < -0.39 is 25.0 Å². The summed E-state index contributed by atoms with van der Waals surface area (Å²) in [5.41, 5.74) is 0. The molecule has 354 valence electrons. The van der Waals surface area contributed by atoms with E-state index in [1.807, 2.05) is 0 Å². The minimum atomic E-state index is -2.26. The molecular weight excluding hydrogens is 775 g/mol. The number of carbonyl (C=O) groups excluding carboxylic acids is 1. The van der Waals surface area contributed by atoms with Crippen molar-refractivity contribution in [3.05, 3.63) is 0 Å². The van der Waals surface area contributed by atoms with Gasteiger partial charge in [-0.3, -0.25) is 4.79 Å². The van der Waals surface area contributed by atoms with Crippen LogP contribution >= 0.6 is 0 Å². The maximum Gasteiger partial charge on any atom is 0.220 e. The Balaban J connectivity index is 5.34. The van der Waals surface area contributed by atoms with Crippen LogP contribution < -0.4 is 5.32 Å². The Morgan fingerprint density at radius 3 is 1.14 bits per heavy atom. The minimum absolute atomic E-state index is 0.0250. The fraction of sp³-hybridized carbons (Fsp3) is 0.980. The summed E-state index contributed by atoms with van der Waals surface area (Å²) in [6, 6.07) is -0.267. The molecule has 0 aromatic heterocycles. The second kappa shape index (κ2) is 30.2. The highest BCUT2D eigenvalue weighted by Gasteiger charge is 2.48. The van der Waals surface area contributed by atoms with Crippen LogP contribution in [0.4, 0.5) is 0 Å². The van der Waals surface area contributed by atoms with Crippen molar-refractivity contribution in [3.63, 3.8) is 0 Å². The Kier molecular flexibility index (Phi) is 30.2. The summed E-state index contributed by atoms with van der Waals surface area (Å²) >= 11 is 0. The maximum absolute atomic E-state index is 13.9. The van der Waals surface area contributed by atoms with Gasteiger partial charge in [0, 0.05) is 6.42 Å². The van der Waals surface area contributed by atoms with Gasteiger partial charge in [0.2, 0.25) is 5.91 Å². The van der Waals surface area contributed by atoms with Gasteiger partial charge in [-0.25, -0.2) is 0 Å². The Morgan fingerprint density at radius 2 is 0.780 bits per heavy atom. The van der Waals surface area contributed by atoms with E-state index in [0.717, 1.165) is 32.1 Å². The van der Waals surface area contributed by atoms with E-state index in [1.165, 1.54) is 128 Å². The van der Waals surface area contributed by atoms with E-state index in [4.69, 9.17) is 13.3 Å². The van der Waals surface area contributed by atoms with Crippen LogP contribution in [0.1, 0.15) is 243 Å². The van der Waals surface area contributed by atoms with Crippen LogP contribution in [0.25, 0.3) is 0 Å². The normalized spacial score (nSPS) is 15.1. The second-order valence-electron chi connectivity index (χ2n) is 23.3. The van der Waals surface area contributed by atoms with Crippen molar-refractivity contribution in [2.45, 2.75) is 316 Å². The van der Waals surface area contributed by atoms with Gasteiger partial charge in [-0.15, -0.1) is 0 Å². The molecule has 5 nitrogen and oxygen atoms in total. The monoisotopic (exact) mass is 884 g/mol. The van der Waals surface area contributed by atoms with E-state index in [9.17, 15) is 4.79 Å². The summed E-state index contributed by atoms with van der Waals surface area (Å²) in [4.78, 5) is 13.9. The van der Waals surface area contributed by atoms with Crippen LogP contribution in [0.2, 0.25) is 54.4 Å². The summed E-state index contributed by atoms with van der Waals surface area (Å²) in [5, 5.41) is 3.73. The van der Waals surface area contributed by atoms with Crippen LogP contribution in [0, 0.1) is 0 Å². The summed E-state index contributed by atoms with van der Waals surface area (Å²) in [6.45, 7) is 39.9. The van der Waals surface area contributed by atoms with Gasteiger partial charge in [-0.2, -0.15) is 0 Å². The number of carbonyl (C=O) groups is 1. The summed E-state index contributed by atoms with van der Waals surface area (Å²) in [5.74, 6) is 0.134. The van der Waals surface area contributed by atoms with Gasteiger partial charge < -0.3 is 18.6 Å². The molecule has 0 aliphatic carbocycles. The molecule has 0 bridgehead atoms. The van der Waals surface area contributed by atoms with Gasteiger partial charge in [0.25, 0.3) is 0 Å². The SMILES string of the molecule is CCCCCCCCCCCCCCCCCCCCCCCC(=O)N[C@@H](CO[Si](C)(C)C(C)(C)C)[C@H](O[Si](C)(C)C(C)(C)C)[C@@H](CCCCC)O[Si](C)(C)C(C)(C)C. The maximum atomic E-state index is 13.9. The first-order valence-corrected chi connectivity index (χ1v) is 34.3. The molecule has 0 aromatic carbocycles. The lowest BCUT2D eigenvalue weighted by molar-refractivity contribution is -0.123. The number of rotatable bonds is 36. The van der Waals surface area contributed by atoms with Gasteiger partial charge in [-0.1, -0.05) is 224 Å². The second-order valence-corrected chi connectivity index (χ2v) is 37.6. The van der Waals surface area contributed by atoms with Crippen molar-refractivity contribution < 1.29 is 18.1 Å². The predicted octanol–water partition coefficient (Wildman–Crippen LogP) is 17.5. The topological polar surface area (TPSA) is 56.8 Å². The van der Waals surface area contributed by atoms with Gasteiger partial charge in [0.1, 0.15) is 0 Å². The lowest BCUT2D eigenvalue weighted by Gasteiger charge is -2.48. The molecule has 3 atom stereocenters. The van der Waals surface area contributed by atoms with E-state index >= 15 is 0 Å². The fourth-order valence-corrected chi connectivity index (χ4v) is 10.8.